The first-order valence-electron chi connectivity index (χ1n) is 7.70. The molecule has 1 aromatic carbocycles. The van der Waals surface area contributed by atoms with Crippen molar-refractivity contribution in [2.24, 2.45) is 0 Å². The van der Waals surface area contributed by atoms with Crippen molar-refractivity contribution in [2.45, 2.75) is 58.9 Å². The average Bonchev–Trinajstić information content (AvgIpc) is 2.47. The van der Waals surface area contributed by atoms with Crippen molar-refractivity contribution in [1.29, 1.82) is 0 Å². The van der Waals surface area contributed by atoms with Crippen molar-refractivity contribution in [3.8, 4) is 0 Å². The molecule has 1 aromatic rings. The summed E-state index contributed by atoms with van der Waals surface area (Å²) in [6.07, 6.45) is 5.56. The summed E-state index contributed by atoms with van der Waals surface area (Å²) in [4.78, 5) is 14.4. The minimum atomic E-state index is -0.306. The van der Waals surface area contributed by atoms with E-state index in [1.54, 1.807) is 12.1 Å². The smallest absolute Gasteiger partial charge is 0.254 e. The van der Waals surface area contributed by atoms with E-state index in [2.05, 4.69) is 13.8 Å². The van der Waals surface area contributed by atoms with E-state index < -0.39 is 0 Å². The number of hydrogen-bond donors (Lipinski definition) is 0. The predicted molar refractivity (Wildman–Crippen MR) is 81.3 cm³/mol. The van der Waals surface area contributed by atoms with Crippen LogP contribution in [0.5, 0.6) is 0 Å². The van der Waals surface area contributed by atoms with E-state index in [9.17, 15) is 9.18 Å². The maximum Gasteiger partial charge on any atom is 0.254 e. The molecule has 0 spiro atoms. The van der Waals surface area contributed by atoms with Crippen molar-refractivity contribution in [3.05, 3.63) is 35.6 Å². The summed E-state index contributed by atoms with van der Waals surface area (Å²) >= 11 is 0. The Labute approximate surface area is 122 Å². The summed E-state index contributed by atoms with van der Waals surface area (Å²) in [5.74, 6) is -0.296. The van der Waals surface area contributed by atoms with Gasteiger partial charge in [-0.25, -0.2) is 4.39 Å². The van der Waals surface area contributed by atoms with Gasteiger partial charge >= 0.3 is 0 Å². The fraction of sp³-hybridized carbons (Fsp3) is 0.588. The Kier molecular flexibility index (Phi) is 7.27. The molecule has 112 valence electrons. The molecule has 0 aliphatic carbocycles. The van der Waals surface area contributed by atoms with Gasteiger partial charge in [-0.2, -0.15) is 0 Å². The molecule has 0 radical (unpaired) electrons. The van der Waals surface area contributed by atoms with Crippen LogP contribution in [-0.2, 0) is 0 Å². The van der Waals surface area contributed by atoms with Crippen LogP contribution in [0.2, 0.25) is 0 Å². The van der Waals surface area contributed by atoms with Crippen LogP contribution in [0.15, 0.2) is 24.3 Å². The molecule has 0 aromatic heterocycles. The van der Waals surface area contributed by atoms with Crippen LogP contribution < -0.4 is 0 Å². The summed E-state index contributed by atoms with van der Waals surface area (Å²) in [6.45, 7) is 7.00. The molecule has 20 heavy (non-hydrogen) atoms. The van der Waals surface area contributed by atoms with Crippen LogP contribution in [0.4, 0.5) is 4.39 Å². The van der Waals surface area contributed by atoms with Gasteiger partial charge in [-0.15, -0.1) is 0 Å². The van der Waals surface area contributed by atoms with Crippen molar-refractivity contribution >= 4 is 5.91 Å². The van der Waals surface area contributed by atoms with E-state index >= 15 is 0 Å². The summed E-state index contributed by atoms with van der Waals surface area (Å²) in [5.41, 5.74) is 0.571. The summed E-state index contributed by atoms with van der Waals surface area (Å²) in [5, 5.41) is 0. The maximum atomic E-state index is 12.9. The van der Waals surface area contributed by atoms with Crippen LogP contribution in [0.1, 0.15) is 63.2 Å². The highest BCUT2D eigenvalue weighted by molar-refractivity contribution is 5.94. The molecule has 0 fully saturated rings. The number of hydrogen-bond acceptors (Lipinski definition) is 1. The second kappa shape index (κ2) is 8.72. The quantitative estimate of drug-likeness (QED) is 0.634. The number of carbonyl (C=O) groups excluding carboxylic acids is 1. The Morgan fingerprint density at radius 1 is 1.15 bits per heavy atom. The molecular weight excluding hydrogens is 253 g/mol. The molecule has 1 atom stereocenters. The average molecular weight is 279 g/mol. The van der Waals surface area contributed by atoms with Crippen LogP contribution in [-0.4, -0.2) is 23.4 Å². The van der Waals surface area contributed by atoms with Gasteiger partial charge in [0.05, 0.1) is 0 Å². The number of amides is 1. The SMILES string of the molecule is CCCCCC(CC)N(CC)C(=O)c1ccc(F)cc1. The fourth-order valence-corrected chi connectivity index (χ4v) is 2.54. The van der Waals surface area contributed by atoms with Gasteiger partial charge in [-0.05, 0) is 44.0 Å². The Morgan fingerprint density at radius 3 is 2.30 bits per heavy atom. The number of rotatable bonds is 8. The Balaban J connectivity index is 2.76. The first-order valence-corrected chi connectivity index (χ1v) is 7.70. The third-order valence-electron chi connectivity index (χ3n) is 3.75. The minimum Gasteiger partial charge on any atom is -0.336 e. The van der Waals surface area contributed by atoms with Gasteiger partial charge in [0.2, 0.25) is 0 Å². The highest BCUT2D eigenvalue weighted by Crippen LogP contribution is 2.17. The lowest BCUT2D eigenvalue weighted by atomic mass is 10.0. The third kappa shape index (κ3) is 4.62. The zero-order valence-electron chi connectivity index (χ0n) is 12.9. The first-order chi connectivity index (χ1) is 9.63. The normalized spacial score (nSPS) is 12.2. The Hall–Kier alpha value is -1.38. The van der Waals surface area contributed by atoms with E-state index in [1.165, 1.54) is 25.0 Å². The third-order valence-corrected chi connectivity index (χ3v) is 3.75. The zero-order valence-corrected chi connectivity index (χ0v) is 12.9. The van der Waals surface area contributed by atoms with E-state index in [-0.39, 0.29) is 17.8 Å². The highest BCUT2D eigenvalue weighted by atomic mass is 19.1. The van der Waals surface area contributed by atoms with Crippen LogP contribution in [0.3, 0.4) is 0 Å². The number of unbranched alkanes of at least 4 members (excludes halogenated alkanes) is 2. The molecule has 0 N–H and O–H groups in total. The fourth-order valence-electron chi connectivity index (χ4n) is 2.54. The maximum absolute atomic E-state index is 12.9. The Morgan fingerprint density at radius 2 is 1.80 bits per heavy atom. The lowest BCUT2D eigenvalue weighted by Crippen LogP contribution is -2.40. The molecule has 0 heterocycles. The standard InChI is InChI=1S/C17H26FNO/c1-4-7-8-9-16(5-2)19(6-3)17(20)14-10-12-15(18)13-11-14/h10-13,16H,4-9H2,1-3H3. The predicted octanol–water partition coefficient (Wildman–Crippen LogP) is 4.65. The summed E-state index contributed by atoms with van der Waals surface area (Å²) in [6, 6.07) is 6.11. The van der Waals surface area contributed by atoms with Crippen molar-refractivity contribution in [1.82, 2.24) is 4.90 Å². The van der Waals surface area contributed by atoms with Crippen LogP contribution in [0, 0.1) is 5.82 Å². The number of halogens is 1. The van der Waals surface area contributed by atoms with Gasteiger partial charge in [0.25, 0.3) is 5.91 Å². The number of benzene rings is 1. The molecule has 0 aliphatic heterocycles. The second-order valence-electron chi connectivity index (χ2n) is 5.16. The molecule has 0 bridgehead atoms. The van der Waals surface area contributed by atoms with E-state index in [0.717, 1.165) is 19.3 Å². The van der Waals surface area contributed by atoms with E-state index in [0.29, 0.717) is 12.1 Å². The molecule has 1 rings (SSSR count). The minimum absolute atomic E-state index is 0.0100. The van der Waals surface area contributed by atoms with Gasteiger partial charge in [-0.3, -0.25) is 4.79 Å². The van der Waals surface area contributed by atoms with Gasteiger partial charge in [0, 0.05) is 18.2 Å². The molecular formula is C17H26FNO. The molecule has 0 saturated heterocycles. The molecule has 2 nitrogen and oxygen atoms in total. The first kappa shape index (κ1) is 16.7. The summed E-state index contributed by atoms with van der Waals surface area (Å²) < 4.78 is 12.9. The lowest BCUT2D eigenvalue weighted by molar-refractivity contribution is 0.0672. The van der Waals surface area contributed by atoms with Crippen LogP contribution in [0.25, 0.3) is 0 Å². The molecule has 0 aliphatic rings. The van der Waals surface area contributed by atoms with Crippen molar-refractivity contribution in [3.63, 3.8) is 0 Å². The van der Waals surface area contributed by atoms with Gasteiger partial charge in [0.1, 0.15) is 5.82 Å². The molecule has 1 unspecified atom stereocenters. The summed E-state index contributed by atoms with van der Waals surface area (Å²) in [7, 11) is 0. The largest absolute Gasteiger partial charge is 0.336 e. The van der Waals surface area contributed by atoms with E-state index in [4.69, 9.17) is 0 Å². The molecule has 3 heteroatoms. The highest BCUT2D eigenvalue weighted by Gasteiger charge is 2.21. The lowest BCUT2D eigenvalue weighted by Gasteiger charge is -2.30. The second-order valence-corrected chi connectivity index (χ2v) is 5.16. The molecule has 1 amide bonds. The van der Waals surface area contributed by atoms with Gasteiger partial charge in [0.15, 0.2) is 0 Å². The molecule has 0 saturated carbocycles. The van der Waals surface area contributed by atoms with Crippen LogP contribution >= 0.6 is 0 Å². The van der Waals surface area contributed by atoms with Gasteiger partial charge < -0.3 is 4.90 Å². The van der Waals surface area contributed by atoms with Crippen molar-refractivity contribution in [2.75, 3.05) is 6.54 Å². The number of carbonyl (C=O) groups is 1. The van der Waals surface area contributed by atoms with Gasteiger partial charge in [-0.1, -0.05) is 33.1 Å². The number of nitrogens with zero attached hydrogens (tertiary/aromatic N) is 1. The van der Waals surface area contributed by atoms with Crippen molar-refractivity contribution < 1.29 is 9.18 Å². The monoisotopic (exact) mass is 279 g/mol. The topological polar surface area (TPSA) is 20.3 Å². The zero-order chi connectivity index (χ0) is 15.0. The van der Waals surface area contributed by atoms with E-state index in [1.807, 2.05) is 11.8 Å². The Bertz CT molecular complexity index is 402.